The third-order valence-electron chi connectivity index (χ3n) is 2.78. The van der Waals surface area contributed by atoms with Gasteiger partial charge in [0, 0.05) is 25.8 Å². The third-order valence-corrected chi connectivity index (χ3v) is 2.78. The quantitative estimate of drug-likeness (QED) is 0.827. The standard InChI is InChI=1S/C12H18N2O2/c1-10(15)12-8-11(2-3-13-12)9-14-4-6-16-7-5-14/h2-3,8,10,15H,4-7,9H2,1H3. The second-order valence-corrected chi connectivity index (χ2v) is 4.15. The van der Waals surface area contributed by atoms with Gasteiger partial charge in [-0.05, 0) is 24.6 Å². The van der Waals surface area contributed by atoms with Crippen molar-refractivity contribution < 1.29 is 9.84 Å². The van der Waals surface area contributed by atoms with Crippen LogP contribution in [-0.2, 0) is 11.3 Å². The van der Waals surface area contributed by atoms with Gasteiger partial charge in [0.15, 0.2) is 0 Å². The fraction of sp³-hybridized carbons (Fsp3) is 0.583. The lowest BCUT2D eigenvalue weighted by atomic mass is 10.1. The van der Waals surface area contributed by atoms with Gasteiger partial charge >= 0.3 is 0 Å². The number of ether oxygens (including phenoxy) is 1. The van der Waals surface area contributed by atoms with Crippen molar-refractivity contribution in [2.75, 3.05) is 26.3 Å². The first-order chi connectivity index (χ1) is 7.75. The second-order valence-electron chi connectivity index (χ2n) is 4.15. The fourth-order valence-corrected chi connectivity index (χ4v) is 1.84. The van der Waals surface area contributed by atoms with Crippen molar-refractivity contribution in [2.24, 2.45) is 0 Å². The lowest BCUT2D eigenvalue weighted by Gasteiger charge is -2.26. The monoisotopic (exact) mass is 222 g/mol. The molecule has 0 radical (unpaired) electrons. The van der Waals surface area contributed by atoms with Crippen LogP contribution >= 0.6 is 0 Å². The Morgan fingerprint density at radius 3 is 2.94 bits per heavy atom. The van der Waals surface area contributed by atoms with Gasteiger partial charge in [0.05, 0.1) is 25.0 Å². The summed E-state index contributed by atoms with van der Waals surface area (Å²) >= 11 is 0. The zero-order valence-electron chi connectivity index (χ0n) is 9.59. The first-order valence-electron chi connectivity index (χ1n) is 5.68. The molecule has 0 aliphatic carbocycles. The van der Waals surface area contributed by atoms with E-state index in [4.69, 9.17) is 4.74 Å². The smallest absolute Gasteiger partial charge is 0.0931 e. The van der Waals surface area contributed by atoms with E-state index < -0.39 is 6.10 Å². The minimum atomic E-state index is -0.496. The van der Waals surface area contributed by atoms with Crippen molar-refractivity contribution in [1.82, 2.24) is 9.88 Å². The molecule has 1 aliphatic rings. The van der Waals surface area contributed by atoms with Gasteiger partial charge < -0.3 is 9.84 Å². The third kappa shape index (κ3) is 3.01. The predicted octanol–water partition coefficient (Wildman–Crippen LogP) is 0.967. The molecule has 0 spiro atoms. The number of aromatic nitrogens is 1. The van der Waals surface area contributed by atoms with Crippen LogP contribution in [0, 0.1) is 0 Å². The summed E-state index contributed by atoms with van der Waals surface area (Å²) in [4.78, 5) is 6.49. The van der Waals surface area contributed by atoms with Crippen LogP contribution in [-0.4, -0.2) is 41.3 Å². The first kappa shape index (κ1) is 11.5. The molecule has 1 aromatic heterocycles. The summed E-state index contributed by atoms with van der Waals surface area (Å²) in [7, 11) is 0. The molecule has 1 aromatic rings. The molecule has 0 aromatic carbocycles. The first-order valence-corrected chi connectivity index (χ1v) is 5.68. The molecular formula is C12H18N2O2. The second kappa shape index (κ2) is 5.39. The number of rotatable bonds is 3. The average molecular weight is 222 g/mol. The molecule has 4 nitrogen and oxygen atoms in total. The normalized spacial score (nSPS) is 19.6. The number of morpholine rings is 1. The maximum atomic E-state index is 9.46. The number of hydrogen-bond acceptors (Lipinski definition) is 4. The van der Waals surface area contributed by atoms with Crippen molar-refractivity contribution in [3.05, 3.63) is 29.6 Å². The van der Waals surface area contributed by atoms with Crippen LogP contribution in [0.2, 0.25) is 0 Å². The van der Waals surface area contributed by atoms with Crippen molar-refractivity contribution in [2.45, 2.75) is 19.6 Å². The summed E-state index contributed by atoms with van der Waals surface area (Å²) in [6.45, 7) is 6.23. The summed E-state index contributed by atoms with van der Waals surface area (Å²) in [5, 5.41) is 9.46. The van der Waals surface area contributed by atoms with Crippen molar-refractivity contribution in [3.63, 3.8) is 0 Å². The molecule has 1 unspecified atom stereocenters. The summed E-state index contributed by atoms with van der Waals surface area (Å²) in [5.41, 5.74) is 1.94. The number of hydrogen-bond donors (Lipinski definition) is 1. The van der Waals surface area contributed by atoms with E-state index in [9.17, 15) is 5.11 Å². The highest BCUT2D eigenvalue weighted by Gasteiger charge is 2.11. The zero-order valence-corrected chi connectivity index (χ0v) is 9.59. The number of nitrogens with zero attached hydrogens (tertiary/aromatic N) is 2. The van der Waals surface area contributed by atoms with Crippen molar-refractivity contribution in [3.8, 4) is 0 Å². The van der Waals surface area contributed by atoms with E-state index in [1.54, 1.807) is 13.1 Å². The summed E-state index contributed by atoms with van der Waals surface area (Å²) < 4.78 is 5.31. The molecular weight excluding hydrogens is 204 g/mol. The van der Waals surface area contributed by atoms with Crippen molar-refractivity contribution >= 4 is 0 Å². The van der Waals surface area contributed by atoms with Gasteiger partial charge in [0.2, 0.25) is 0 Å². The van der Waals surface area contributed by atoms with Gasteiger partial charge in [0.25, 0.3) is 0 Å². The van der Waals surface area contributed by atoms with Gasteiger partial charge in [-0.15, -0.1) is 0 Å². The van der Waals surface area contributed by atoms with Gasteiger partial charge in [-0.25, -0.2) is 0 Å². The van der Waals surface area contributed by atoms with E-state index in [0.717, 1.165) is 38.5 Å². The van der Waals surface area contributed by atoms with E-state index >= 15 is 0 Å². The molecule has 16 heavy (non-hydrogen) atoms. The summed E-state index contributed by atoms with van der Waals surface area (Å²) in [6, 6.07) is 3.97. The molecule has 2 rings (SSSR count). The van der Waals surface area contributed by atoms with Crippen molar-refractivity contribution in [1.29, 1.82) is 0 Å². The van der Waals surface area contributed by atoms with Gasteiger partial charge in [-0.3, -0.25) is 9.88 Å². The highest BCUT2D eigenvalue weighted by molar-refractivity contribution is 5.17. The topological polar surface area (TPSA) is 45.6 Å². The fourth-order valence-electron chi connectivity index (χ4n) is 1.84. The zero-order chi connectivity index (χ0) is 11.4. The highest BCUT2D eigenvalue weighted by atomic mass is 16.5. The molecule has 2 heterocycles. The lowest BCUT2D eigenvalue weighted by molar-refractivity contribution is 0.0341. The highest BCUT2D eigenvalue weighted by Crippen LogP contribution is 2.12. The van der Waals surface area contributed by atoms with E-state index in [-0.39, 0.29) is 0 Å². The Balaban J connectivity index is 2.00. The predicted molar refractivity (Wildman–Crippen MR) is 61.0 cm³/mol. The maximum Gasteiger partial charge on any atom is 0.0931 e. The molecule has 1 aliphatic heterocycles. The number of aliphatic hydroxyl groups is 1. The van der Waals surface area contributed by atoms with Crippen LogP contribution in [0.15, 0.2) is 18.3 Å². The largest absolute Gasteiger partial charge is 0.387 e. The van der Waals surface area contributed by atoms with Crippen LogP contribution in [0.1, 0.15) is 24.3 Å². The van der Waals surface area contributed by atoms with E-state index in [1.807, 2.05) is 12.1 Å². The van der Waals surface area contributed by atoms with Gasteiger partial charge in [0.1, 0.15) is 0 Å². The Labute approximate surface area is 95.9 Å². The SMILES string of the molecule is CC(O)c1cc(CN2CCOCC2)ccn1. The van der Waals surface area contributed by atoms with E-state index in [0.29, 0.717) is 0 Å². The molecule has 1 atom stereocenters. The van der Waals surface area contributed by atoms with Crippen LogP contribution in [0.3, 0.4) is 0 Å². The molecule has 1 saturated heterocycles. The average Bonchev–Trinajstić information content (AvgIpc) is 2.30. The molecule has 0 saturated carbocycles. The maximum absolute atomic E-state index is 9.46. The van der Waals surface area contributed by atoms with Crippen LogP contribution in [0.5, 0.6) is 0 Å². The summed E-state index contributed by atoms with van der Waals surface area (Å²) in [6.07, 6.45) is 1.27. The molecule has 1 fully saturated rings. The van der Waals surface area contributed by atoms with Gasteiger partial charge in [-0.1, -0.05) is 0 Å². The Kier molecular flexibility index (Phi) is 3.88. The Morgan fingerprint density at radius 1 is 1.50 bits per heavy atom. The van der Waals surface area contributed by atoms with E-state index in [1.165, 1.54) is 5.56 Å². The van der Waals surface area contributed by atoms with Gasteiger partial charge in [-0.2, -0.15) is 0 Å². The Hall–Kier alpha value is -0.970. The van der Waals surface area contributed by atoms with Crippen LogP contribution in [0.4, 0.5) is 0 Å². The number of aliphatic hydroxyl groups excluding tert-OH is 1. The Morgan fingerprint density at radius 2 is 2.25 bits per heavy atom. The van der Waals surface area contributed by atoms with Crippen LogP contribution in [0.25, 0.3) is 0 Å². The molecule has 0 amide bonds. The number of pyridine rings is 1. The minimum absolute atomic E-state index is 0.496. The van der Waals surface area contributed by atoms with E-state index in [2.05, 4.69) is 9.88 Å². The molecule has 1 N–H and O–H groups in total. The van der Waals surface area contributed by atoms with Crippen LogP contribution < -0.4 is 0 Å². The minimum Gasteiger partial charge on any atom is -0.387 e. The molecule has 0 bridgehead atoms. The summed E-state index contributed by atoms with van der Waals surface area (Å²) in [5.74, 6) is 0. The molecule has 4 heteroatoms. The lowest BCUT2D eigenvalue weighted by Crippen LogP contribution is -2.35. The molecule has 88 valence electrons. The Bertz CT molecular complexity index is 336.